The minimum Gasteiger partial charge on any atom is -0.345 e. The lowest BCUT2D eigenvalue weighted by molar-refractivity contribution is -0.933. The number of fused-ring (bicyclic) bond motifs is 3. The van der Waals surface area contributed by atoms with E-state index < -0.39 is 0 Å². The molecule has 108 valence electrons. The molecule has 0 aliphatic carbocycles. The Hall–Kier alpha value is -1.39. The van der Waals surface area contributed by atoms with Gasteiger partial charge in [-0.25, -0.2) is 0 Å². The topological polar surface area (TPSA) is 32.3 Å². The summed E-state index contributed by atoms with van der Waals surface area (Å²) in [5.74, 6) is 0.191. The van der Waals surface area contributed by atoms with E-state index in [0.717, 1.165) is 43.8 Å². The fourth-order valence-corrected chi connectivity index (χ4v) is 3.39. The number of nitrogens with zero attached hydrogens (tertiary/aromatic N) is 2. The number of nitrogens with one attached hydrogen (secondary N) is 1. The van der Waals surface area contributed by atoms with E-state index in [9.17, 15) is 4.79 Å². The molecule has 1 aromatic rings. The number of carbonyl (C=O) groups is 1. The zero-order valence-corrected chi connectivity index (χ0v) is 12.2. The standard InChI is InChI=1S/C16H23N3O/c1-14(15-5-3-2-4-6-15)17-16(20)13-19-10-7-18(8-11-19)9-12-19/h2-6,14H,7-13H2,1H3/p+1/t14-/m1/s1. The highest BCUT2D eigenvalue weighted by atomic mass is 16.2. The van der Waals surface area contributed by atoms with Gasteiger partial charge in [-0.3, -0.25) is 9.69 Å². The summed E-state index contributed by atoms with van der Waals surface area (Å²) in [5, 5.41) is 3.15. The lowest BCUT2D eigenvalue weighted by Gasteiger charge is -2.50. The van der Waals surface area contributed by atoms with Crippen molar-refractivity contribution in [3.8, 4) is 0 Å². The third kappa shape index (κ3) is 2.86. The van der Waals surface area contributed by atoms with Gasteiger partial charge in [0.15, 0.2) is 6.54 Å². The Morgan fingerprint density at radius 1 is 1.20 bits per heavy atom. The van der Waals surface area contributed by atoms with Crippen LogP contribution < -0.4 is 5.32 Å². The van der Waals surface area contributed by atoms with Crippen LogP contribution in [-0.2, 0) is 4.79 Å². The zero-order chi connectivity index (χ0) is 14.0. The SMILES string of the molecule is C[C@@H](NC(=O)C[N+]12CCN(CC1)CC2)c1ccccc1. The van der Waals surface area contributed by atoms with Gasteiger partial charge < -0.3 is 9.80 Å². The van der Waals surface area contributed by atoms with Crippen LogP contribution >= 0.6 is 0 Å². The average molecular weight is 274 g/mol. The Morgan fingerprint density at radius 3 is 2.40 bits per heavy atom. The third-order valence-corrected chi connectivity index (χ3v) is 4.83. The molecule has 1 aromatic carbocycles. The second kappa shape index (κ2) is 5.54. The van der Waals surface area contributed by atoms with Crippen molar-refractivity contribution in [3.63, 3.8) is 0 Å². The quantitative estimate of drug-likeness (QED) is 0.831. The van der Waals surface area contributed by atoms with Crippen molar-refractivity contribution in [2.75, 3.05) is 45.8 Å². The number of quaternary nitrogens is 1. The highest BCUT2D eigenvalue weighted by Crippen LogP contribution is 2.19. The van der Waals surface area contributed by atoms with Crippen LogP contribution in [0.15, 0.2) is 30.3 Å². The molecule has 1 amide bonds. The maximum absolute atomic E-state index is 12.3. The van der Waals surface area contributed by atoms with Gasteiger partial charge in [-0.1, -0.05) is 30.3 Å². The predicted octanol–water partition coefficient (Wildman–Crippen LogP) is 1.01. The van der Waals surface area contributed by atoms with Gasteiger partial charge in [0.25, 0.3) is 5.91 Å². The molecular formula is C16H24N3O+. The molecule has 1 atom stereocenters. The van der Waals surface area contributed by atoms with E-state index in [2.05, 4.69) is 29.3 Å². The van der Waals surface area contributed by atoms with E-state index in [1.165, 1.54) is 5.56 Å². The van der Waals surface area contributed by atoms with Crippen molar-refractivity contribution in [1.82, 2.24) is 10.2 Å². The lowest BCUT2D eigenvalue weighted by Crippen LogP contribution is -2.69. The van der Waals surface area contributed by atoms with Gasteiger partial charge in [0.05, 0.1) is 25.7 Å². The van der Waals surface area contributed by atoms with Crippen molar-refractivity contribution in [2.24, 2.45) is 0 Å². The molecule has 0 aromatic heterocycles. The Labute approximate surface area is 121 Å². The van der Waals surface area contributed by atoms with Gasteiger partial charge >= 0.3 is 0 Å². The number of carbonyl (C=O) groups excluding carboxylic acids is 1. The second-order valence-electron chi connectivity index (χ2n) is 6.21. The van der Waals surface area contributed by atoms with Crippen molar-refractivity contribution >= 4 is 5.91 Å². The van der Waals surface area contributed by atoms with Crippen LogP contribution in [0, 0.1) is 0 Å². The number of amides is 1. The summed E-state index contributed by atoms with van der Waals surface area (Å²) in [6, 6.07) is 10.3. The first-order chi connectivity index (χ1) is 9.67. The molecule has 3 aliphatic heterocycles. The number of piperazine rings is 3. The first-order valence-corrected chi connectivity index (χ1v) is 7.59. The maximum Gasteiger partial charge on any atom is 0.275 e. The van der Waals surface area contributed by atoms with Gasteiger partial charge in [-0.2, -0.15) is 0 Å². The van der Waals surface area contributed by atoms with Gasteiger partial charge in [0.2, 0.25) is 0 Å². The number of hydrogen-bond donors (Lipinski definition) is 1. The summed E-state index contributed by atoms with van der Waals surface area (Å²) in [6.07, 6.45) is 0. The Morgan fingerprint density at radius 2 is 1.80 bits per heavy atom. The monoisotopic (exact) mass is 274 g/mol. The van der Waals surface area contributed by atoms with Crippen LogP contribution in [0.2, 0.25) is 0 Å². The number of benzene rings is 1. The van der Waals surface area contributed by atoms with Crippen LogP contribution in [0.25, 0.3) is 0 Å². The van der Waals surface area contributed by atoms with Crippen molar-refractivity contribution < 1.29 is 9.28 Å². The van der Waals surface area contributed by atoms with E-state index in [0.29, 0.717) is 6.54 Å². The minimum atomic E-state index is 0.0907. The van der Waals surface area contributed by atoms with Crippen molar-refractivity contribution in [2.45, 2.75) is 13.0 Å². The number of rotatable bonds is 4. The summed E-state index contributed by atoms with van der Waals surface area (Å²) in [6.45, 7) is 9.56. The average Bonchev–Trinajstić information content (AvgIpc) is 2.49. The number of hydrogen-bond acceptors (Lipinski definition) is 2. The van der Waals surface area contributed by atoms with E-state index in [-0.39, 0.29) is 11.9 Å². The fourth-order valence-electron chi connectivity index (χ4n) is 3.39. The Kier molecular flexibility index (Phi) is 3.76. The Balaban J connectivity index is 1.57. The molecule has 20 heavy (non-hydrogen) atoms. The van der Waals surface area contributed by atoms with Crippen LogP contribution in [0.3, 0.4) is 0 Å². The van der Waals surface area contributed by atoms with Crippen LogP contribution in [0.1, 0.15) is 18.5 Å². The predicted molar refractivity (Wildman–Crippen MR) is 79.2 cm³/mol. The lowest BCUT2D eigenvalue weighted by atomic mass is 10.1. The van der Waals surface area contributed by atoms with E-state index in [4.69, 9.17) is 0 Å². The van der Waals surface area contributed by atoms with Gasteiger partial charge in [-0.05, 0) is 12.5 Å². The summed E-state index contributed by atoms with van der Waals surface area (Å²) in [5.41, 5.74) is 1.17. The molecule has 3 heterocycles. The fraction of sp³-hybridized carbons (Fsp3) is 0.562. The first kappa shape index (κ1) is 13.6. The highest BCUT2D eigenvalue weighted by molar-refractivity contribution is 5.77. The molecule has 0 saturated carbocycles. The molecule has 0 spiro atoms. The summed E-state index contributed by atoms with van der Waals surface area (Å²) < 4.78 is 0.990. The minimum absolute atomic E-state index is 0.0907. The second-order valence-corrected chi connectivity index (χ2v) is 6.21. The highest BCUT2D eigenvalue weighted by Gasteiger charge is 2.39. The smallest absolute Gasteiger partial charge is 0.275 e. The molecule has 4 nitrogen and oxygen atoms in total. The molecule has 3 aliphatic rings. The maximum atomic E-state index is 12.3. The summed E-state index contributed by atoms with van der Waals surface area (Å²) in [4.78, 5) is 14.8. The molecule has 2 bridgehead atoms. The summed E-state index contributed by atoms with van der Waals surface area (Å²) in [7, 11) is 0. The zero-order valence-electron chi connectivity index (χ0n) is 12.2. The normalized spacial score (nSPS) is 29.9. The summed E-state index contributed by atoms with van der Waals surface area (Å²) >= 11 is 0. The Bertz CT molecular complexity index is 452. The van der Waals surface area contributed by atoms with Gasteiger partial charge in [0, 0.05) is 19.6 Å². The van der Waals surface area contributed by atoms with E-state index in [1.54, 1.807) is 0 Å². The molecule has 0 radical (unpaired) electrons. The molecule has 4 rings (SSSR count). The largest absolute Gasteiger partial charge is 0.345 e. The molecule has 1 N–H and O–H groups in total. The van der Waals surface area contributed by atoms with Crippen molar-refractivity contribution in [3.05, 3.63) is 35.9 Å². The van der Waals surface area contributed by atoms with E-state index >= 15 is 0 Å². The van der Waals surface area contributed by atoms with Crippen LogP contribution in [0.4, 0.5) is 0 Å². The van der Waals surface area contributed by atoms with Crippen molar-refractivity contribution in [1.29, 1.82) is 0 Å². The van der Waals surface area contributed by atoms with Crippen LogP contribution in [0.5, 0.6) is 0 Å². The van der Waals surface area contributed by atoms with E-state index in [1.807, 2.05) is 18.2 Å². The molecule has 4 heteroatoms. The van der Waals surface area contributed by atoms with Crippen LogP contribution in [-0.4, -0.2) is 61.1 Å². The first-order valence-electron chi connectivity index (χ1n) is 7.59. The third-order valence-electron chi connectivity index (χ3n) is 4.83. The molecular weight excluding hydrogens is 250 g/mol. The molecule has 0 unspecified atom stereocenters. The van der Waals surface area contributed by atoms with Gasteiger partial charge in [0.1, 0.15) is 0 Å². The molecule has 3 fully saturated rings. The molecule has 3 saturated heterocycles. The van der Waals surface area contributed by atoms with Gasteiger partial charge in [-0.15, -0.1) is 0 Å².